The van der Waals surface area contributed by atoms with Gasteiger partial charge in [-0.25, -0.2) is 4.98 Å². The molecule has 0 radical (unpaired) electrons. The van der Waals surface area contributed by atoms with E-state index < -0.39 is 0 Å². The van der Waals surface area contributed by atoms with E-state index in [1.807, 2.05) is 4.57 Å². The summed E-state index contributed by atoms with van der Waals surface area (Å²) in [5.74, 6) is -0.678. The van der Waals surface area contributed by atoms with Crippen LogP contribution in [0.1, 0.15) is 27.1 Å². The van der Waals surface area contributed by atoms with Crippen molar-refractivity contribution in [1.29, 1.82) is 0 Å². The van der Waals surface area contributed by atoms with Crippen molar-refractivity contribution in [3.05, 3.63) is 78.4 Å². The number of para-hydroxylation sites is 1. The van der Waals surface area contributed by atoms with Crippen LogP contribution in [0.25, 0.3) is 0 Å². The van der Waals surface area contributed by atoms with Gasteiger partial charge in [0, 0.05) is 49.7 Å². The minimum absolute atomic E-state index is 0.145. The van der Waals surface area contributed by atoms with Crippen LogP contribution in [0.15, 0.2) is 67.3 Å². The second kappa shape index (κ2) is 10.6. The van der Waals surface area contributed by atoms with E-state index in [1.165, 1.54) is 0 Å². The summed E-state index contributed by atoms with van der Waals surface area (Å²) in [5.41, 5.74) is 1.76. The molecule has 0 spiro atoms. The SMILES string of the molecule is O=C(CCn1ccnc1)Nc1cccc(C(=O)Nc2ccccc2C(=O)N2CCOCC2)c1. The molecular weight excluding hydrogens is 422 g/mol. The first kappa shape index (κ1) is 22.2. The van der Waals surface area contributed by atoms with Gasteiger partial charge < -0.3 is 24.8 Å². The summed E-state index contributed by atoms with van der Waals surface area (Å²) in [4.78, 5) is 43.8. The molecule has 4 rings (SSSR count). The number of carbonyl (C=O) groups is 3. The number of rotatable bonds is 7. The number of aromatic nitrogens is 2. The summed E-state index contributed by atoms with van der Waals surface area (Å²) in [6.07, 6.45) is 5.39. The Kier molecular flexibility index (Phi) is 7.11. The van der Waals surface area contributed by atoms with Gasteiger partial charge in [-0.05, 0) is 30.3 Å². The highest BCUT2D eigenvalue weighted by atomic mass is 16.5. The number of hydrogen-bond acceptors (Lipinski definition) is 5. The van der Waals surface area contributed by atoms with Crippen molar-refractivity contribution < 1.29 is 19.1 Å². The fraction of sp³-hybridized carbons (Fsp3) is 0.250. The van der Waals surface area contributed by atoms with E-state index in [-0.39, 0.29) is 24.1 Å². The van der Waals surface area contributed by atoms with Crippen molar-refractivity contribution in [3.63, 3.8) is 0 Å². The Morgan fingerprint density at radius 1 is 1.00 bits per heavy atom. The molecule has 2 N–H and O–H groups in total. The predicted molar refractivity (Wildman–Crippen MR) is 123 cm³/mol. The third kappa shape index (κ3) is 5.83. The molecule has 1 aliphatic rings. The molecule has 170 valence electrons. The largest absolute Gasteiger partial charge is 0.378 e. The number of ether oxygens (including phenoxy) is 1. The lowest BCUT2D eigenvalue weighted by Gasteiger charge is -2.27. The lowest BCUT2D eigenvalue weighted by molar-refractivity contribution is -0.116. The van der Waals surface area contributed by atoms with Gasteiger partial charge in [0.1, 0.15) is 0 Å². The van der Waals surface area contributed by atoms with Gasteiger partial charge >= 0.3 is 0 Å². The summed E-state index contributed by atoms with van der Waals surface area (Å²) >= 11 is 0. The predicted octanol–water partition coefficient (Wildman–Crippen LogP) is 2.64. The molecule has 33 heavy (non-hydrogen) atoms. The van der Waals surface area contributed by atoms with Gasteiger partial charge in [0.2, 0.25) is 5.91 Å². The van der Waals surface area contributed by atoms with Crippen LogP contribution >= 0.6 is 0 Å². The van der Waals surface area contributed by atoms with Gasteiger partial charge in [0.25, 0.3) is 11.8 Å². The number of carbonyl (C=O) groups excluding carboxylic acids is 3. The maximum atomic E-state index is 12.9. The summed E-state index contributed by atoms with van der Waals surface area (Å²) in [6.45, 7) is 2.55. The second-order valence-electron chi connectivity index (χ2n) is 7.58. The highest BCUT2D eigenvalue weighted by Gasteiger charge is 2.21. The summed E-state index contributed by atoms with van der Waals surface area (Å²) in [5, 5.41) is 5.64. The number of morpholine rings is 1. The van der Waals surface area contributed by atoms with E-state index in [0.29, 0.717) is 55.3 Å². The van der Waals surface area contributed by atoms with Gasteiger partial charge in [-0.15, -0.1) is 0 Å². The Hall–Kier alpha value is -3.98. The van der Waals surface area contributed by atoms with Crippen molar-refractivity contribution in [3.8, 4) is 0 Å². The summed E-state index contributed by atoms with van der Waals surface area (Å²) in [6, 6.07) is 13.6. The molecule has 0 unspecified atom stereocenters. The molecule has 0 aliphatic carbocycles. The molecule has 0 atom stereocenters. The number of anilines is 2. The number of amides is 3. The first-order chi connectivity index (χ1) is 16.1. The van der Waals surface area contributed by atoms with Crippen LogP contribution in [0.5, 0.6) is 0 Å². The number of benzene rings is 2. The van der Waals surface area contributed by atoms with Crippen LogP contribution < -0.4 is 10.6 Å². The Morgan fingerprint density at radius 2 is 1.82 bits per heavy atom. The molecule has 0 saturated carbocycles. The minimum Gasteiger partial charge on any atom is -0.378 e. The smallest absolute Gasteiger partial charge is 0.256 e. The van der Waals surface area contributed by atoms with E-state index in [4.69, 9.17) is 4.74 Å². The van der Waals surface area contributed by atoms with Crippen LogP contribution in [0.2, 0.25) is 0 Å². The van der Waals surface area contributed by atoms with Crippen molar-refractivity contribution >= 4 is 29.1 Å². The van der Waals surface area contributed by atoms with Gasteiger partial charge in [-0.1, -0.05) is 18.2 Å². The average Bonchev–Trinajstić information content (AvgIpc) is 3.37. The Balaban J connectivity index is 1.41. The molecule has 1 aromatic heterocycles. The van der Waals surface area contributed by atoms with Crippen molar-refractivity contribution in [2.75, 3.05) is 36.9 Å². The lowest BCUT2D eigenvalue weighted by atomic mass is 10.1. The monoisotopic (exact) mass is 447 g/mol. The first-order valence-electron chi connectivity index (χ1n) is 10.7. The quantitative estimate of drug-likeness (QED) is 0.579. The highest BCUT2D eigenvalue weighted by Crippen LogP contribution is 2.20. The zero-order valence-corrected chi connectivity index (χ0v) is 18.1. The molecule has 1 fully saturated rings. The highest BCUT2D eigenvalue weighted by molar-refractivity contribution is 6.09. The normalized spacial score (nSPS) is 13.4. The number of aryl methyl sites for hydroxylation is 1. The molecular formula is C24H25N5O4. The van der Waals surface area contributed by atoms with E-state index in [2.05, 4.69) is 15.6 Å². The second-order valence-corrected chi connectivity index (χ2v) is 7.58. The third-order valence-electron chi connectivity index (χ3n) is 5.27. The van der Waals surface area contributed by atoms with Gasteiger partial charge in [-0.3, -0.25) is 14.4 Å². The molecule has 1 aliphatic heterocycles. The van der Waals surface area contributed by atoms with Crippen LogP contribution in [-0.4, -0.2) is 58.5 Å². The molecule has 1 saturated heterocycles. The fourth-order valence-electron chi connectivity index (χ4n) is 3.52. The van der Waals surface area contributed by atoms with Gasteiger partial charge in [-0.2, -0.15) is 0 Å². The molecule has 3 aromatic rings. The summed E-state index contributed by atoms with van der Waals surface area (Å²) < 4.78 is 7.13. The molecule has 9 heteroatoms. The van der Waals surface area contributed by atoms with Crippen molar-refractivity contribution in [2.24, 2.45) is 0 Å². The van der Waals surface area contributed by atoms with E-state index in [1.54, 1.807) is 72.2 Å². The van der Waals surface area contributed by atoms with Gasteiger partial charge in [0.05, 0.1) is 30.8 Å². The minimum atomic E-state index is -0.369. The first-order valence-corrected chi connectivity index (χ1v) is 10.7. The lowest BCUT2D eigenvalue weighted by Crippen LogP contribution is -2.41. The van der Waals surface area contributed by atoms with Crippen LogP contribution in [0, 0.1) is 0 Å². The number of hydrogen-bond donors (Lipinski definition) is 2. The van der Waals surface area contributed by atoms with E-state index in [9.17, 15) is 14.4 Å². The van der Waals surface area contributed by atoms with E-state index in [0.717, 1.165) is 0 Å². The molecule has 0 bridgehead atoms. The van der Waals surface area contributed by atoms with E-state index >= 15 is 0 Å². The standard InChI is InChI=1S/C24H25N5O4/c30-22(8-10-28-11-9-25-17-28)26-19-5-3-4-18(16-19)23(31)27-21-7-2-1-6-20(21)24(32)29-12-14-33-15-13-29/h1-7,9,11,16-17H,8,10,12-15H2,(H,26,30)(H,27,31). The number of nitrogens with zero attached hydrogens (tertiary/aromatic N) is 3. The maximum Gasteiger partial charge on any atom is 0.256 e. The van der Waals surface area contributed by atoms with Crippen LogP contribution in [0.3, 0.4) is 0 Å². The van der Waals surface area contributed by atoms with Gasteiger partial charge in [0.15, 0.2) is 0 Å². The molecule has 3 amide bonds. The van der Waals surface area contributed by atoms with Crippen molar-refractivity contribution in [1.82, 2.24) is 14.5 Å². The topological polar surface area (TPSA) is 106 Å². The van der Waals surface area contributed by atoms with Crippen LogP contribution in [-0.2, 0) is 16.1 Å². The summed E-state index contributed by atoms with van der Waals surface area (Å²) in [7, 11) is 0. The average molecular weight is 447 g/mol. The van der Waals surface area contributed by atoms with Crippen LogP contribution in [0.4, 0.5) is 11.4 Å². The Bertz CT molecular complexity index is 1120. The zero-order chi connectivity index (χ0) is 23.0. The Morgan fingerprint density at radius 3 is 2.61 bits per heavy atom. The molecule has 2 heterocycles. The Labute approximate surface area is 191 Å². The zero-order valence-electron chi connectivity index (χ0n) is 18.1. The fourth-order valence-corrected chi connectivity index (χ4v) is 3.52. The molecule has 2 aromatic carbocycles. The number of imidazole rings is 1. The van der Waals surface area contributed by atoms with Crippen molar-refractivity contribution in [2.45, 2.75) is 13.0 Å². The molecule has 9 nitrogen and oxygen atoms in total. The third-order valence-corrected chi connectivity index (χ3v) is 5.27. The number of nitrogens with one attached hydrogen (secondary N) is 2. The maximum absolute atomic E-state index is 12.9.